The molecule has 0 aromatic carbocycles. The molecule has 1 aromatic heterocycles. The van der Waals surface area contributed by atoms with Gasteiger partial charge in [-0.25, -0.2) is 0 Å². The van der Waals surface area contributed by atoms with Crippen molar-refractivity contribution in [2.24, 2.45) is 0 Å². The fourth-order valence-electron chi connectivity index (χ4n) is 1.52. The molecule has 2 amide bonds. The molecule has 6 nitrogen and oxygen atoms in total. The van der Waals surface area contributed by atoms with Crippen LogP contribution < -0.4 is 5.32 Å². The summed E-state index contributed by atoms with van der Waals surface area (Å²) in [7, 11) is 0. The molecular formula is C9H12N4O2. The van der Waals surface area contributed by atoms with Crippen molar-refractivity contribution in [1.29, 1.82) is 0 Å². The number of hydrogen-bond acceptors (Lipinski definition) is 3. The van der Waals surface area contributed by atoms with Crippen LogP contribution in [0.4, 0.5) is 0 Å². The molecule has 0 atom stereocenters. The Morgan fingerprint density at radius 2 is 2.40 bits per heavy atom. The second-order valence-corrected chi connectivity index (χ2v) is 3.40. The van der Waals surface area contributed by atoms with Crippen LogP contribution in [0, 0.1) is 0 Å². The molecule has 1 aliphatic rings. The third kappa shape index (κ3) is 2.15. The normalized spacial score (nSPS) is 17.1. The number of nitrogens with one attached hydrogen (secondary N) is 2. The molecule has 1 saturated heterocycles. The number of aromatic amines is 1. The minimum Gasteiger partial charge on any atom is -0.354 e. The van der Waals surface area contributed by atoms with E-state index in [2.05, 4.69) is 15.5 Å². The third-order valence-corrected chi connectivity index (χ3v) is 2.28. The van der Waals surface area contributed by atoms with Gasteiger partial charge in [0.1, 0.15) is 5.69 Å². The van der Waals surface area contributed by atoms with E-state index in [1.807, 2.05) is 0 Å². The van der Waals surface area contributed by atoms with Gasteiger partial charge in [0, 0.05) is 19.3 Å². The van der Waals surface area contributed by atoms with E-state index < -0.39 is 0 Å². The second-order valence-electron chi connectivity index (χ2n) is 3.40. The molecule has 80 valence electrons. The Morgan fingerprint density at radius 1 is 1.53 bits per heavy atom. The van der Waals surface area contributed by atoms with Gasteiger partial charge < -0.3 is 10.2 Å². The standard InChI is InChI=1S/C9H12N4O2/c14-8-6-13(5-1-3-10-8)9(15)7-2-4-11-12-7/h2,4H,1,3,5-6H2,(H,10,14)(H,11,12). The van der Waals surface area contributed by atoms with E-state index in [9.17, 15) is 9.59 Å². The molecule has 1 fully saturated rings. The predicted molar refractivity (Wildman–Crippen MR) is 52.1 cm³/mol. The average Bonchev–Trinajstić information content (AvgIpc) is 2.67. The molecule has 0 spiro atoms. The van der Waals surface area contributed by atoms with Crippen LogP contribution in [-0.4, -0.2) is 46.5 Å². The number of aromatic nitrogens is 2. The molecular weight excluding hydrogens is 196 g/mol. The lowest BCUT2D eigenvalue weighted by atomic mass is 10.3. The second kappa shape index (κ2) is 4.12. The quantitative estimate of drug-likeness (QED) is 0.645. The topological polar surface area (TPSA) is 78.1 Å². The lowest BCUT2D eigenvalue weighted by Crippen LogP contribution is -2.37. The van der Waals surface area contributed by atoms with Crippen molar-refractivity contribution in [3.63, 3.8) is 0 Å². The Hall–Kier alpha value is -1.85. The van der Waals surface area contributed by atoms with Gasteiger partial charge in [-0.1, -0.05) is 0 Å². The molecule has 0 aliphatic carbocycles. The number of nitrogens with zero attached hydrogens (tertiary/aromatic N) is 2. The highest BCUT2D eigenvalue weighted by atomic mass is 16.2. The molecule has 2 heterocycles. The number of carbonyl (C=O) groups is 2. The number of carbonyl (C=O) groups excluding carboxylic acids is 2. The molecule has 15 heavy (non-hydrogen) atoms. The van der Waals surface area contributed by atoms with Gasteiger partial charge >= 0.3 is 0 Å². The maximum absolute atomic E-state index is 11.8. The maximum Gasteiger partial charge on any atom is 0.272 e. The van der Waals surface area contributed by atoms with E-state index in [-0.39, 0.29) is 18.4 Å². The summed E-state index contributed by atoms with van der Waals surface area (Å²) < 4.78 is 0. The monoisotopic (exact) mass is 208 g/mol. The van der Waals surface area contributed by atoms with E-state index >= 15 is 0 Å². The van der Waals surface area contributed by atoms with Crippen LogP contribution in [0.1, 0.15) is 16.9 Å². The summed E-state index contributed by atoms with van der Waals surface area (Å²) in [6.07, 6.45) is 2.30. The summed E-state index contributed by atoms with van der Waals surface area (Å²) in [6, 6.07) is 1.60. The van der Waals surface area contributed by atoms with Gasteiger partial charge in [-0.2, -0.15) is 5.10 Å². The maximum atomic E-state index is 11.8. The summed E-state index contributed by atoms with van der Waals surface area (Å²) in [5.41, 5.74) is 0.421. The SMILES string of the molecule is O=C1CN(C(=O)c2ccn[nH]2)CCCN1. The van der Waals surface area contributed by atoms with Gasteiger partial charge in [0.25, 0.3) is 5.91 Å². The highest BCUT2D eigenvalue weighted by Gasteiger charge is 2.21. The average molecular weight is 208 g/mol. The minimum absolute atomic E-state index is 0.111. The first-order valence-corrected chi connectivity index (χ1v) is 4.83. The molecule has 1 aromatic rings. The lowest BCUT2D eigenvalue weighted by molar-refractivity contribution is -0.121. The largest absolute Gasteiger partial charge is 0.354 e. The zero-order valence-corrected chi connectivity index (χ0v) is 8.19. The van der Waals surface area contributed by atoms with Gasteiger partial charge in [-0.3, -0.25) is 14.7 Å². The van der Waals surface area contributed by atoms with Crippen molar-refractivity contribution in [1.82, 2.24) is 20.4 Å². The summed E-state index contributed by atoms with van der Waals surface area (Å²) in [4.78, 5) is 24.6. The number of rotatable bonds is 1. The Balaban J connectivity index is 2.09. The Labute approximate surface area is 86.6 Å². The minimum atomic E-state index is -0.176. The van der Waals surface area contributed by atoms with Crippen LogP contribution >= 0.6 is 0 Å². The molecule has 0 saturated carbocycles. The molecule has 1 aliphatic heterocycles. The van der Waals surface area contributed by atoms with Crippen molar-refractivity contribution in [2.45, 2.75) is 6.42 Å². The summed E-state index contributed by atoms with van der Waals surface area (Å²) in [5, 5.41) is 9.02. The van der Waals surface area contributed by atoms with Crippen LogP contribution in [0.15, 0.2) is 12.3 Å². The van der Waals surface area contributed by atoms with Gasteiger partial charge in [-0.05, 0) is 12.5 Å². The Bertz CT molecular complexity index is 360. The van der Waals surface area contributed by atoms with Gasteiger partial charge in [0.2, 0.25) is 5.91 Å². The van der Waals surface area contributed by atoms with E-state index in [1.54, 1.807) is 6.07 Å². The van der Waals surface area contributed by atoms with Crippen molar-refractivity contribution in [3.8, 4) is 0 Å². The molecule has 0 radical (unpaired) electrons. The van der Waals surface area contributed by atoms with E-state index in [0.29, 0.717) is 18.8 Å². The van der Waals surface area contributed by atoms with Gasteiger partial charge in [0.05, 0.1) is 6.54 Å². The zero-order valence-electron chi connectivity index (χ0n) is 8.19. The molecule has 0 bridgehead atoms. The van der Waals surface area contributed by atoms with E-state index in [4.69, 9.17) is 0 Å². The Kier molecular flexibility index (Phi) is 2.66. The molecule has 2 rings (SSSR count). The highest BCUT2D eigenvalue weighted by molar-refractivity contribution is 5.95. The predicted octanol–water partition coefficient (Wildman–Crippen LogP) is -0.628. The molecule has 6 heteroatoms. The first-order valence-electron chi connectivity index (χ1n) is 4.83. The van der Waals surface area contributed by atoms with Gasteiger partial charge in [-0.15, -0.1) is 0 Å². The third-order valence-electron chi connectivity index (χ3n) is 2.28. The number of amides is 2. The first kappa shape index (κ1) is 9.70. The van der Waals surface area contributed by atoms with Crippen molar-refractivity contribution < 1.29 is 9.59 Å². The van der Waals surface area contributed by atoms with Crippen LogP contribution in [0.5, 0.6) is 0 Å². The van der Waals surface area contributed by atoms with Crippen LogP contribution in [0.3, 0.4) is 0 Å². The number of hydrogen-bond donors (Lipinski definition) is 2. The summed E-state index contributed by atoms with van der Waals surface area (Å²) >= 11 is 0. The van der Waals surface area contributed by atoms with Crippen molar-refractivity contribution in [3.05, 3.63) is 18.0 Å². The van der Waals surface area contributed by atoms with Crippen molar-refractivity contribution >= 4 is 11.8 Å². The number of H-pyrrole nitrogens is 1. The fraction of sp³-hybridized carbons (Fsp3) is 0.444. The fourth-order valence-corrected chi connectivity index (χ4v) is 1.52. The first-order chi connectivity index (χ1) is 7.27. The van der Waals surface area contributed by atoms with Crippen LogP contribution in [0.2, 0.25) is 0 Å². The van der Waals surface area contributed by atoms with Crippen LogP contribution in [-0.2, 0) is 4.79 Å². The summed E-state index contributed by atoms with van der Waals surface area (Å²) in [6.45, 7) is 1.35. The van der Waals surface area contributed by atoms with Crippen LogP contribution in [0.25, 0.3) is 0 Å². The molecule has 2 N–H and O–H groups in total. The lowest BCUT2D eigenvalue weighted by Gasteiger charge is -2.17. The van der Waals surface area contributed by atoms with E-state index in [1.165, 1.54) is 11.1 Å². The zero-order chi connectivity index (χ0) is 10.7. The molecule has 0 unspecified atom stereocenters. The van der Waals surface area contributed by atoms with E-state index in [0.717, 1.165) is 6.42 Å². The highest BCUT2D eigenvalue weighted by Crippen LogP contribution is 2.03. The van der Waals surface area contributed by atoms with Crippen molar-refractivity contribution in [2.75, 3.05) is 19.6 Å². The van der Waals surface area contributed by atoms with Gasteiger partial charge in [0.15, 0.2) is 0 Å². The Morgan fingerprint density at radius 3 is 3.13 bits per heavy atom. The summed E-state index contributed by atoms with van der Waals surface area (Å²) in [5.74, 6) is -0.287. The smallest absolute Gasteiger partial charge is 0.272 e.